The highest BCUT2D eigenvalue weighted by Gasteiger charge is 2.22. The molecule has 0 bridgehead atoms. The highest BCUT2D eigenvalue weighted by atomic mass is 16.5. The third kappa shape index (κ3) is 3.17. The van der Waals surface area contributed by atoms with E-state index in [1.165, 1.54) is 5.56 Å². The number of nitrogens with one attached hydrogen (secondary N) is 2. The number of anilines is 1. The van der Waals surface area contributed by atoms with Crippen molar-refractivity contribution in [1.82, 2.24) is 5.32 Å². The SMILES string of the molecule is COc1cccc2c1NC(CN[C@H](C)c1ccccc1)CO2. The van der Waals surface area contributed by atoms with Crippen LogP contribution in [0.4, 0.5) is 5.69 Å². The Kier molecular flexibility index (Phi) is 4.49. The highest BCUT2D eigenvalue weighted by Crippen LogP contribution is 2.37. The summed E-state index contributed by atoms with van der Waals surface area (Å²) in [6, 6.07) is 16.8. The van der Waals surface area contributed by atoms with E-state index in [1.807, 2.05) is 24.3 Å². The minimum atomic E-state index is 0.218. The van der Waals surface area contributed by atoms with Crippen molar-refractivity contribution in [2.45, 2.75) is 19.0 Å². The van der Waals surface area contributed by atoms with E-state index in [1.54, 1.807) is 7.11 Å². The van der Waals surface area contributed by atoms with E-state index >= 15 is 0 Å². The maximum absolute atomic E-state index is 5.83. The van der Waals surface area contributed by atoms with Crippen LogP contribution in [0, 0.1) is 0 Å². The summed E-state index contributed by atoms with van der Waals surface area (Å²) in [6.45, 7) is 3.65. The van der Waals surface area contributed by atoms with E-state index in [2.05, 4.69) is 41.8 Å². The molecule has 3 rings (SSSR count). The zero-order valence-electron chi connectivity index (χ0n) is 13.0. The molecule has 2 aromatic carbocycles. The first kappa shape index (κ1) is 14.7. The molecule has 1 heterocycles. The van der Waals surface area contributed by atoms with Crippen molar-refractivity contribution >= 4 is 5.69 Å². The molecule has 1 aliphatic heterocycles. The minimum Gasteiger partial charge on any atom is -0.494 e. The van der Waals surface area contributed by atoms with E-state index < -0.39 is 0 Å². The van der Waals surface area contributed by atoms with Gasteiger partial charge in [0.15, 0.2) is 0 Å². The lowest BCUT2D eigenvalue weighted by Gasteiger charge is -2.29. The summed E-state index contributed by atoms with van der Waals surface area (Å²) in [4.78, 5) is 0. The predicted octanol–water partition coefficient (Wildman–Crippen LogP) is 3.22. The molecule has 0 amide bonds. The van der Waals surface area contributed by atoms with Gasteiger partial charge in [-0.1, -0.05) is 36.4 Å². The molecule has 0 saturated carbocycles. The van der Waals surface area contributed by atoms with Crippen LogP contribution >= 0.6 is 0 Å². The lowest BCUT2D eigenvalue weighted by atomic mass is 10.1. The number of rotatable bonds is 5. The molecule has 0 radical (unpaired) electrons. The largest absolute Gasteiger partial charge is 0.494 e. The van der Waals surface area contributed by atoms with E-state index in [-0.39, 0.29) is 6.04 Å². The third-order valence-corrected chi connectivity index (χ3v) is 3.97. The van der Waals surface area contributed by atoms with Gasteiger partial charge in [-0.15, -0.1) is 0 Å². The third-order valence-electron chi connectivity index (χ3n) is 3.97. The minimum absolute atomic E-state index is 0.218. The predicted molar refractivity (Wildman–Crippen MR) is 88.8 cm³/mol. The van der Waals surface area contributed by atoms with E-state index in [0.717, 1.165) is 23.7 Å². The maximum Gasteiger partial charge on any atom is 0.146 e. The van der Waals surface area contributed by atoms with Crippen LogP contribution in [-0.4, -0.2) is 26.3 Å². The van der Waals surface area contributed by atoms with Gasteiger partial charge >= 0.3 is 0 Å². The summed E-state index contributed by atoms with van der Waals surface area (Å²) >= 11 is 0. The normalized spacial score (nSPS) is 17.8. The molecule has 116 valence electrons. The second kappa shape index (κ2) is 6.71. The van der Waals surface area contributed by atoms with Crippen LogP contribution in [0.1, 0.15) is 18.5 Å². The fourth-order valence-corrected chi connectivity index (χ4v) is 2.67. The molecule has 2 atom stereocenters. The number of methoxy groups -OCH3 is 1. The summed E-state index contributed by atoms with van der Waals surface area (Å²) in [5.41, 5.74) is 2.23. The van der Waals surface area contributed by atoms with Gasteiger partial charge < -0.3 is 20.1 Å². The topological polar surface area (TPSA) is 42.5 Å². The molecule has 1 aliphatic rings. The molecular formula is C18H22N2O2. The maximum atomic E-state index is 5.83. The molecule has 4 heteroatoms. The van der Waals surface area contributed by atoms with E-state index in [0.29, 0.717) is 12.6 Å². The summed E-state index contributed by atoms with van der Waals surface area (Å²) in [5.74, 6) is 1.67. The highest BCUT2D eigenvalue weighted by molar-refractivity contribution is 5.67. The second-order valence-electron chi connectivity index (χ2n) is 5.53. The van der Waals surface area contributed by atoms with Crippen LogP contribution in [0.5, 0.6) is 11.5 Å². The lowest BCUT2D eigenvalue weighted by molar-refractivity contribution is 0.275. The fourth-order valence-electron chi connectivity index (χ4n) is 2.67. The Balaban J connectivity index is 1.61. The Morgan fingerprint density at radius 3 is 2.82 bits per heavy atom. The van der Waals surface area contributed by atoms with Gasteiger partial charge in [0.05, 0.1) is 13.2 Å². The smallest absolute Gasteiger partial charge is 0.146 e. The summed E-state index contributed by atoms with van der Waals surface area (Å²) in [6.07, 6.45) is 0. The average molecular weight is 298 g/mol. The van der Waals surface area contributed by atoms with Crippen LogP contribution in [0.2, 0.25) is 0 Å². The number of hydrogen-bond donors (Lipinski definition) is 2. The summed E-state index contributed by atoms with van der Waals surface area (Å²) < 4.78 is 11.2. The Morgan fingerprint density at radius 2 is 2.05 bits per heavy atom. The standard InChI is InChI=1S/C18H22N2O2/c1-13(14-7-4-3-5-8-14)19-11-15-12-22-17-10-6-9-16(21-2)18(17)20-15/h3-10,13,15,19-20H,11-12H2,1-2H3/t13-,15?/m1/s1. The molecule has 0 aliphatic carbocycles. The number of hydrogen-bond acceptors (Lipinski definition) is 4. The van der Waals surface area contributed by atoms with Crippen LogP contribution < -0.4 is 20.1 Å². The molecular weight excluding hydrogens is 276 g/mol. The van der Waals surface area contributed by atoms with Crippen molar-refractivity contribution in [3.8, 4) is 11.5 Å². The van der Waals surface area contributed by atoms with Crippen molar-refractivity contribution in [1.29, 1.82) is 0 Å². The Bertz CT molecular complexity index is 601. The number of benzene rings is 2. The van der Waals surface area contributed by atoms with Crippen LogP contribution in [-0.2, 0) is 0 Å². The molecule has 22 heavy (non-hydrogen) atoms. The van der Waals surface area contributed by atoms with Crippen molar-refractivity contribution in [2.24, 2.45) is 0 Å². The van der Waals surface area contributed by atoms with Crippen LogP contribution in [0.15, 0.2) is 48.5 Å². The van der Waals surface area contributed by atoms with Gasteiger partial charge in [-0.05, 0) is 24.6 Å². The van der Waals surface area contributed by atoms with Gasteiger partial charge in [0.2, 0.25) is 0 Å². The zero-order chi connectivity index (χ0) is 15.4. The molecule has 2 N–H and O–H groups in total. The Hall–Kier alpha value is -2.20. The lowest BCUT2D eigenvalue weighted by Crippen LogP contribution is -2.41. The van der Waals surface area contributed by atoms with Gasteiger partial charge in [-0.25, -0.2) is 0 Å². The van der Waals surface area contributed by atoms with Gasteiger partial charge in [0.1, 0.15) is 23.8 Å². The number of ether oxygens (including phenoxy) is 2. The molecule has 0 fully saturated rings. The van der Waals surface area contributed by atoms with Crippen molar-refractivity contribution in [3.05, 3.63) is 54.1 Å². The van der Waals surface area contributed by atoms with Crippen molar-refractivity contribution in [2.75, 3.05) is 25.6 Å². The van der Waals surface area contributed by atoms with Crippen LogP contribution in [0.25, 0.3) is 0 Å². The van der Waals surface area contributed by atoms with Crippen LogP contribution in [0.3, 0.4) is 0 Å². The van der Waals surface area contributed by atoms with Crippen molar-refractivity contribution in [3.63, 3.8) is 0 Å². The first-order valence-corrected chi connectivity index (χ1v) is 7.62. The average Bonchev–Trinajstić information content (AvgIpc) is 2.59. The Labute approximate surface area is 131 Å². The quantitative estimate of drug-likeness (QED) is 0.889. The second-order valence-corrected chi connectivity index (χ2v) is 5.53. The zero-order valence-corrected chi connectivity index (χ0v) is 13.0. The van der Waals surface area contributed by atoms with Crippen molar-refractivity contribution < 1.29 is 9.47 Å². The van der Waals surface area contributed by atoms with Gasteiger partial charge in [0.25, 0.3) is 0 Å². The van der Waals surface area contributed by atoms with Gasteiger partial charge in [0, 0.05) is 12.6 Å². The summed E-state index contributed by atoms with van der Waals surface area (Å²) in [7, 11) is 1.68. The molecule has 1 unspecified atom stereocenters. The van der Waals surface area contributed by atoms with E-state index in [4.69, 9.17) is 9.47 Å². The number of fused-ring (bicyclic) bond motifs is 1. The van der Waals surface area contributed by atoms with Gasteiger partial charge in [-0.2, -0.15) is 0 Å². The van der Waals surface area contributed by atoms with Gasteiger partial charge in [-0.3, -0.25) is 0 Å². The number of para-hydroxylation sites is 1. The first-order chi connectivity index (χ1) is 10.8. The Morgan fingerprint density at radius 1 is 1.23 bits per heavy atom. The molecule has 2 aromatic rings. The molecule has 0 aromatic heterocycles. The first-order valence-electron chi connectivity index (χ1n) is 7.62. The molecule has 0 spiro atoms. The fraction of sp³-hybridized carbons (Fsp3) is 0.333. The monoisotopic (exact) mass is 298 g/mol. The summed E-state index contributed by atoms with van der Waals surface area (Å²) in [5, 5.41) is 7.06. The van der Waals surface area contributed by atoms with E-state index in [9.17, 15) is 0 Å². The molecule has 4 nitrogen and oxygen atoms in total. The molecule has 0 saturated heterocycles.